The second kappa shape index (κ2) is 6.15. The minimum atomic E-state index is 0.864. The largest absolute Gasteiger partial charge is 0.312 e. The summed E-state index contributed by atoms with van der Waals surface area (Å²) in [6.45, 7) is 3.83. The van der Waals surface area contributed by atoms with Crippen LogP contribution < -0.4 is 5.32 Å². The van der Waals surface area contributed by atoms with E-state index >= 15 is 0 Å². The summed E-state index contributed by atoms with van der Waals surface area (Å²) in [5.41, 5.74) is 2.28. The molecule has 0 unspecified atom stereocenters. The SMILES string of the molecule is Cc1ccc(CNCCc2ccc(Cl)s2)cn1. The van der Waals surface area contributed by atoms with Gasteiger partial charge in [0.2, 0.25) is 0 Å². The number of thiophene rings is 1. The molecule has 0 spiro atoms. The summed E-state index contributed by atoms with van der Waals surface area (Å²) < 4.78 is 0.864. The summed E-state index contributed by atoms with van der Waals surface area (Å²) in [6, 6.07) is 8.18. The zero-order chi connectivity index (χ0) is 12.1. The van der Waals surface area contributed by atoms with Gasteiger partial charge >= 0.3 is 0 Å². The van der Waals surface area contributed by atoms with Gasteiger partial charge in [-0.3, -0.25) is 4.98 Å². The van der Waals surface area contributed by atoms with Crippen molar-refractivity contribution >= 4 is 22.9 Å². The normalized spacial score (nSPS) is 10.7. The molecular weight excluding hydrogens is 252 g/mol. The molecule has 0 saturated heterocycles. The lowest BCUT2D eigenvalue weighted by Gasteiger charge is -2.03. The highest BCUT2D eigenvalue weighted by Gasteiger charge is 1.98. The molecule has 0 amide bonds. The van der Waals surface area contributed by atoms with Gasteiger partial charge in [0.15, 0.2) is 0 Å². The molecule has 0 aliphatic rings. The maximum Gasteiger partial charge on any atom is 0.0931 e. The summed E-state index contributed by atoms with van der Waals surface area (Å²) in [7, 11) is 0. The van der Waals surface area contributed by atoms with Crippen molar-refractivity contribution in [3.63, 3.8) is 0 Å². The molecule has 0 aliphatic heterocycles. The molecule has 2 rings (SSSR count). The van der Waals surface area contributed by atoms with Crippen LogP contribution in [0.2, 0.25) is 4.34 Å². The summed E-state index contributed by atoms with van der Waals surface area (Å²) in [5, 5.41) is 3.40. The van der Waals surface area contributed by atoms with Gasteiger partial charge in [-0.1, -0.05) is 17.7 Å². The molecule has 0 radical (unpaired) electrons. The van der Waals surface area contributed by atoms with Crippen molar-refractivity contribution in [2.75, 3.05) is 6.54 Å². The van der Waals surface area contributed by atoms with E-state index in [0.29, 0.717) is 0 Å². The number of aromatic nitrogens is 1. The van der Waals surface area contributed by atoms with Gasteiger partial charge in [-0.05, 0) is 37.1 Å². The number of hydrogen-bond donors (Lipinski definition) is 1. The molecule has 0 saturated carbocycles. The Labute approximate surface area is 111 Å². The van der Waals surface area contributed by atoms with Crippen molar-refractivity contribution in [2.24, 2.45) is 0 Å². The van der Waals surface area contributed by atoms with E-state index in [1.165, 1.54) is 10.4 Å². The third kappa shape index (κ3) is 4.11. The molecule has 0 aromatic carbocycles. The Hall–Kier alpha value is -0.900. The number of aryl methyl sites for hydroxylation is 1. The molecule has 90 valence electrons. The maximum absolute atomic E-state index is 5.87. The molecule has 2 heterocycles. The number of rotatable bonds is 5. The van der Waals surface area contributed by atoms with Gasteiger partial charge in [0, 0.05) is 29.9 Å². The van der Waals surface area contributed by atoms with Crippen LogP contribution in [-0.4, -0.2) is 11.5 Å². The second-order valence-electron chi connectivity index (χ2n) is 3.94. The van der Waals surface area contributed by atoms with Crippen molar-refractivity contribution in [1.29, 1.82) is 0 Å². The van der Waals surface area contributed by atoms with E-state index in [0.717, 1.165) is 29.5 Å². The van der Waals surface area contributed by atoms with E-state index in [1.54, 1.807) is 11.3 Å². The Bertz CT molecular complexity index is 465. The first-order valence-corrected chi connectivity index (χ1v) is 6.80. The fraction of sp³-hybridized carbons (Fsp3) is 0.308. The number of halogens is 1. The Morgan fingerprint density at radius 3 is 2.82 bits per heavy atom. The van der Waals surface area contributed by atoms with Gasteiger partial charge in [-0.15, -0.1) is 11.3 Å². The zero-order valence-electron chi connectivity index (χ0n) is 9.74. The summed E-state index contributed by atoms with van der Waals surface area (Å²) in [5.74, 6) is 0. The van der Waals surface area contributed by atoms with E-state index in [4.69, 9.17) is 11.6 Å². The van der Waals surface area contributed by atoms with Crippen molar-refractivity contribution < 1.29 is 0 Å². The Balaban J connectivity index is 1.71. The van der Waals surface area contributed by atoms with E-state index in [9.17, 15) is 0 Å². The molecule has 0 fully saturated rings. The lowest BCUT2D eigenvalue weighted by molar-refractivity contribution is 0.688. The average molecular weight is 267 g/mol. The van der Waals surface area contributed by atoms with Crippen molar-refractivity contribution in [3.8, 4) is 0 Å². The lowest BCUT2D eigenvalue weighted by atomic mass is 10.2. The highest BCUT2D eigenvalue weighted by atomic mass is 35.5. The summed E-state index contributed by atoms with van der Waals surface area (Å²) >= 11 is 7.52. The Morgan fingerprint density at radius 2 is 2.18 bits per heavy atom. The summed E-state index contributed by atoms with van der Waals surface area (Å²) in [6.07, 6.45) is 2.95. The van der Waals surface area contributed by atoms with Gasteiger partial charge in [0.25, 0.3) is 0 Å². The van der Waals surface area contributed by atoms with Crippen molar-refractivity contribution in [3.05, 3.63) is 50.9 Å². The van der Waals surface area contributed by atoms with Gasteiger partial charge in [0.1, 0.15) is 0 Å². The predicted molar refractivity (Wildman–Crippen MR) is 73.7 cm³/mol. The van der Waals surface area contributed by atoms with Crippen LogP contribution >= 0.6 is 22.9 Å². The van der Waals surface area contributed by atoms with Crippen molar-refractivity contribution in [1.82, 2.24) is 10.3 Å². The fourth-order valence-corrected chi connectivity index (χ4v) is 2.62. The monoisotopic (exact) mass is 266 g/mol. The highest BCUT2D eigenvalue weighted by molar-refractivity contribution is 7.16. The topological polar surface area (TPSA) is 24.9 Å². The molecule has 0 aliphatic carbocycles. The maximum atomic E-state index is 5.87. The van der Waals surface area contributed by atoms with Crippen LogP contribution in [0.3, 0.4) is 0 Å². The minimum Gasteiger partial charge on any atom is -0.312 e. The van der Waals surface area contributed by atoms with Crippen LogP contribution in [0.1, 0.15) is 16.1 Å². The minimum absolute atomic E-state index is 0.864. The van der Waals surface area contributed by atoms with Crippen LogP contribution in [0.25, 0.3) is 0 Å². The Morgan fingerprint density at radius 1 is 1.29 bits per heavy atom. The standard InChI is InChI=1S/C13H15ClN2S/c1-10-2-3-11(9-16-10)8-15-7-6-12-4-5-13(14)17-12/h2-5,9,15H,6-8H2,1H3. The molecule has 17 heavy (non-hydrogen) atoms. The van der Waals surface area contributed by atoms with E-state index in [1.807, 2.05) is 25.3 Å². The summed E-state index contributed by atoms with van der Waals surface area (Å²) in [4.78, 5) is 5.59. The molecule has 2 aromatic heterocycles. The number of hydrogen-bond acceptors (Lipinski definition) is 3. The van der Waals surface area contributed by atoms with Crippen LogP contribution in [0.15, 0.2) is 30.5 Å². The third-order valence-electron chi connectivity index (χ3n) is 2.48. The molecule has 2 aromatic rings. The average Bonchev–Trinajstić information content (AvgIpc) is 2.73. The predicted octanol–water partition coefficient (Wildman–Crippen LogP) is 3.44. The lowest BCUT2D eigenvalue weighted by Crippen LogP contribution is -2.16. The molecule has 0 atom stereocenters. The van der Waals surface area contributed by atoms with Crippen LogP contribution in [-0.2, 0) is 13.0 Å². The number of pyridine rings is 1. The highest BCUT2D eigenvalue weighted by Crippen LogP contribution is 2.21. The van der Waals surface area contributed by atoms with E-state index < -0.39 is 0 Å². The first kappa shape index (κ1) is 12.6. The van der Waals surface area contributed by atoms with E-state index in [-0.39, 0.29) is 0 Å². The van der Waals surface area contributed by atoms with Crippen LogP contribution in [0.5, 0.6) is 0 Å². The first-order valence-electron chi connectivity index (χ1n) is 5.60. The smallest absolute Gasteiger partial charge is 0.0931 e. The van der Waals surface area contributed by atoms with Gasteiger partial charge < -0.3 is 5.32 Å². The third-order valence-corrected chi connectivity index (χ3v) is 3.77. The molecule has 4 heteroatoms. The molecular formula is C13H15ClN2S. The van der Waals surface area contributed by atoms with Crippen LogP contribution in [0, 0.1) is 6.92 Å². The van der Waals surface area contributed by atoms with Crippen LogP contribution in [0.4, 0.5) is 0 Å². The molecule has 0 bridgehead atoms. The fourth-order valence-electron chi connectivity index (χ4n) is 1.53. The first-order chi connectivity index (χ1) is 8.24. The number of nitrogens with zero attached hydrogens (tertiary/aromatic N) is 1. The van der Waals surface area contributed by atoms with Crippen molar-refractivity contribution in [2.45, 2.75) is 19.9 Å². The van der Waals surface area contributed by atoms with E-state index in [2.05, 4.69) is 22.4 Å². The Kier molecular flexibility index (Phi) is 4.54. The molecule has 1 N–H and O–H groups in total. The van der Waals surface area contributed by atoms with Gasteiger partial charge in [-0.2, -0.15) is 0 Å². The second-order valence-corrected chi connectivity index (χ2v) is 5.74. The van der Waals surface area contributed by atoms with Gasteiger partial charge in [-0.25, -0.2) is 0 Å². The zero-order valence-corrected chi connectivity index (χ0v) is 11.3. The molecule has 2 nitrogen and oxygen atoms in total. The van der Waals surface area contributed by atoms with Gasteiger partial charge in [0.05, 0.1) is 4.34 Å². The quantitative estimate of drug-likeness (QED) is 0.839. The number of nitrogens with one attached hydrogen (secondary N) is 1.